The first kappa shape index (κ1) is 32.2. The SMILES string of the molecule is NCCNC(=O)COCCOCC(=O)Nc1cc(C(F)(F)F)c(-c2nc(N3CCOCC3)nc(N3CCOCC3)n2)cn1. The van der Waals surface area contributed by atoms with E-state index in [0.29, 0.717) is 65.7 Å². The summed E-state index contributed by atoms with van der Waals surface area (Å²) in [6, 6.07) is 0.725. The normalized spacial score (nSPS) is 15.8. The summed E-state index contributed by atoms with van der Waals surface area (Å²) in [6.45, 7) is 3.58. The third-order valence-corrected chi connectivity index (χ3v) is 6.22. The molecule has 2 aliphatic heterocycles. The molecule has 2 aromatic heterocycles. The van der Waals surface area contributed by atoms with E-state index in [1.807, 2.05) is 9.80 Å². The molecule has 4 heterocycles. The molecule has 18 heteroatoms. The molecule has 15 nitrogen and oxygen atoms in total. The van der Waals surface area contributed by atoms with Gasteiger partial charge in [-0.1, -0.05) is 0 Å². The number of ether oxygens (including phenoxy) is 4. The van der Waals surface area contributed by atoms with Crippen LogP contribution in [0.1, 0.15) is 5.56 Å². The molecule has 2 aliphatic rings. The number of carbonyl (C=O) groups excluding carboxylic acids is 2. The Hall–Kier alpha value is -3.71. The quantitative estimate of drug-likeness (QED) is 0.250. The summed E-state index contributed by atoms with van der Waals surface area (Å²) >= 11 is 0. The van der Waals surface area contributed by atoms with Gasteiger partial charge in [0.25, 0.3) is 5.91 Å². The average Bonchev–Trinajstić information content (AvgIpc) is 3.02. The zero-order valence-electron chi connectivity index (χ0n) is 23.4. The number of aromatic nitrogens is 4. The summed E-state index contributed by atoms with van der Waals surface area (Å²) in [6.07, 6.45) is -3.84. The van der Waals surface area contributed by atoms with Crippen molar-refractivity contribution in [3.63, 3.8) is 0 Å². The first-order valence-electron chi connectivity index (χ1n) is 13.7. The van der Waals surface area contributed by atoms with Gasteiger partial charge in [0.1, 0.15) is 19.0 Å². The van der Waals surface area contributed by atoms with Crippen LogP contribution in [0.5, 0.6) is 0 Å². The van der Waals surface area contributed by atoms with Gasteiger partial charge in [-0.05, 0) is 6.07 Å². The number of nitrogens with two attached hydrogens (primary N) is 1. The van der Waals surface area contributed by atoms with E-state index < -0.39 is 24.3 Å². The molecule has 2 amide bonds. The number of morpholine rings is 2. The maximum Gasteiger partial charge on any atom is 0.417 e. The maximum absolute atomic E-state index is 14.3. The highest BCUT2D eigenvalue weighted by atomic mass is 19.4. The van der Waals surface area contributed by atoms with Crippen LogP contribution in [-0.4, -0.2) is 124 Å². The van der Waals surface area contributed by atoms with Gasteiger partial charge in [-0.3, -0.25) is 9.59 Å². The summed E-state index contributed by atoms with van der Waals surface area (Å²) in [5, 5.41) is 4.83. The second-order valence-corrected chi connectivity index (χ2v) is 9.36. The third kappa shape index (κ3) is 9.65. The molecule has 0 spiro atoms. The van der Waals surface area contributed by atoms with Crippen molar-refractivity contribution < 1.29 is 41.7 Å². The number of halogens is 3. The molecule has 0 saturated carbocycles. The summed E-state index contributed by atoms with van der Waals surface area (Å²) in [5.74, 6) is -1.12. The monoisotopic (exact) mass is 613 g/mol. The minimum absolute atomic E-state index is 0.0198. The molecule has 236 valence electrons. The Morgan fingerprint density at radius 1 is 0.907 bits per heavy atom. The predicted molar refractivity (Wildman–Crippen MR) is 146 cm³/mol. The number of pyridine rings is 1. The van der Waals surface area contributed by atoms with Crippen LogP contribution < -0.4 is 26.2 Å². The average molecular weight is 614 g/mol. The minimum Gasteiger partial charge on any atom is -0.378 e. The van der Waals surface area contributed by atoms with Crippen LogP contribution in [0.4, 0.5) is 30.9 Å². The third-order valence-electron chi connectivity index (χ3n) is 6.22. The van der Waals surface area contributed by atoms with Gasteiger partial charge in [0.15, 0.2) is 5.82 Å². The van der Waals surface area contributed by atoms with Gasteiger partial charge in [-0.15, -0.1) is 0 Å². The number of carbonyl (C=O) groups is 2. The smallest absolute Gasteiger partial charge is 0.378 e. The summed E-state index contributed by atoms with van der Waals surface area (Å²) in [5.41, 5.74) is 3.85. The number of hydrogen-bond donors (Lipinski definition) is 3. The number of anilines is 3. The lowest BCUT2D eigenvalue weighted by Crippen LogP contribution is -2.40. The fourth-order valence-corrected chi connectivity index (χ4v) is 4.11. The second-order valence-electron chi connectivity index (χ2n) is 9.36. The fraction of sp³-hybridized carbons (Fsp3) is 0.600. The molecule has 43 heavy (non-hydrogen) atoms. The van der Waals surface area contributed by atoms with Gasteiger partial charge in [-0.2, -0.15) is 28.1 Å². The molecular formula is C25H34F3N9O6. The van der Waals surface area contributed by atoms with Crippen LogP contribution >= 0.6 is 0 Å². The molecule has 4 N–H and O–H groups in total. The topological polar surface area (TPSA) is 179 Å². The molecular weight excluding hydrogens is 579 g/mol. The van der Waals surface area contributed by atoms with Gasteiger partial charge in [0.2, 0.25) is 17.8 Å². The van der Waals surface area contributed by atoms with Crippen molar-refractivity contribution in [2.75, 3.05) is 107 Å². The molecule has 0 unspecified atom stereocenters. The van der Waals surface area contributed by atoms with Crippen LogP contribution in [0.15, 0.2) is 12.3 Å². The Kier molecular flexibility index (Phi) is 11.7. The molecule has 4 rings (SSSR count). The van der Waals surface area contributed by atoms with Gasteiger partial charge in [0.05, 0.1) is 50.8 Å². The van der Waals surface area contributed by atoms with Gasteiger partial charge in [0, 0.05) is 45.5 Å². The number of amides is 2. The Balaban J connectivity index is 1.46. The number of rotatable bonds is 13. The minimum atomic E-state index is -4.81. The molecule has 2 aromatic rings. The van der Waals surface area contributed by atoms with Crippen LogP contribution in [0.3, 0.4) is 0 Å². The van der Waals surface area contributed by atoms with Crippen molar-refractivity contribution in [3.8, 4) is 11.4 Å². The van der Waals surface area contributed by atoms with Crippen LogP contribution in [0.25, 0.3) is 11.4 Å². The van der Waals surface area contributed by atoms with E-state index in [4.69, 9.17) is 24.7 Å². The molecule has 0 bridgehead atoms. The molecule has 0 radical (unpaired) electrons. The number of hydrogen-bond acceptors (Lipinski definition) is 13. The van der Waals surface area contributed by atoms with E-state index in [1.54, 1.807) is 0 Å². The van der Waals surface area contributed by atoms with E-state index in [1.165, 1.54) is 0 Å². The van der Waals surface area contributed by atoms with E-state index in [2.05, 4.69) is 30.6 Å². The number of alkyl halides is 3. The van der Waals surface area contributed by atoms with Crippen molar-refractivity contribution in [2.24, 2.45) is 5.73 Å². The van der Waals surface area contributed by atoms with Crippen LogP contribution in [0, 0.1) is 0 Å². The molecule has 2 saturated heterocycles. The Labute approximate surface area is 245 Å². The molecule has 0 atom stereocenters. The highest BCUT2D eigenvalue weighted by Gasteiger charge is 2.36. The number of nitrogens with zero attached hydrogens (tertiary/aromatic N) is 6. The van der Waals surface area contributed by atoms with Crippen molar-refractivity contribution in [1.82, 2.24) is 25.3 Å². The van der Waals surface area contributed by atoms with Crippen LogP contribution in [0.2, 0.25) is 0 Å². The lowest BCUT2D eigenvalue weighted by molar-refractivity contribution is -0.137. The molecule has 0 aliphatic carbocycles. The summed E-state index contributed by atoms with van der Waals surface area (Å²) in [4.78, 5) is 44.7. The summed E-state index contributed by atoms with van der Waals surface area (Å²) < 4.78 is 63.9. The van der Waals surface area contributed by atoms with E-state index in [0.717, 1.165) is 12.3 Å². The van der Waals surface area contributed by atoms with E-state index in [9.17, 15) is 22.8 Å². The zero-order chi connectivity index (χ0) is 30.7. The van der Waals surface area contributed by atoms with Crippen LogP contribution in [-0.2, 0) is 34.7 Å². The first-order valence-corrected chi connectivity index (χ1v) is 13.7. The molecule has 0 aromatic carbocycles. The second kappa shape index (κ2) is 15.7. The maximum atomic E-state index is 14.3. The van der Waals surface area contributed by atoms with E-state index in [-0.39, 0.29) is 54.8 Å². The predicted octanol–water partition coefficient (Wildman–Crippen LogP) is -0.328. The Morgan fingerprint density at radius 3 is 2.00 bits per heavy atom. The van der Waals surface area contributed by atoms with Gasteiger partial charge >= 0.3 is 6.18 Å². The first-order chi connectivity index (χ1) is 20.7. The van der Waals surface area contributed by atoms with Gasteiger partial charge in [-0.25, -0.2) is 4.98 Å². The highest BCUT2D eigenvalue weighted by Crippen LogP contribution is 2.37. The standard InChI is InChI=1S/C25H34F3N9O6/c26-25(27,28)18-13-19(32-21(39)16-43-12-11-42-15-20(38)30-2-1-29)31-14-17(18)22-33-23(36-3-7-40-8-4-36)35-24(34-22)37-5-9-41-10-6-37/h13-14H,1-12,15-16,29H2,(H,30,38)(H,31,32,39). The Morgan fingerprint density at radius 2 is 1.47 bits per heavy atom. The van der Waals surface area contributed by atoms with E-state index >= 15 is 0 Å². The van der Waals surface area contributed by atoms with Crippen molar-refractivity contribution >= 4 is 29.5 Å². The van der Waals surface area contributed by atoms with Crippen molar-refractivity contribution in [1.29, 1.82) is 0 Å². The lowest BCUT2D eigenvalue weighted by atomic mass is 10.1. The largest absolute Gasteiger partial charge is 0.417 e. The highest BCUT2D eigenvalue weighted by molar-refractivity contribution is 5.91. The van der Waals surface area contributed by atoms with Crippen molar-refractivity contribution in [3.05, 3.63) is 17.8 Å². The number of nitrogens with one attached hydrogen (secondary N) is 2. The Bertz CT molecular complexity index is 1190. The summed E-state index contributed by atoms with van der Waals surface area (Å²) in [7, 11) is 0. The van der Waals surface area contributed by atoms with Gasteiger partial charge < -0.3 is 45.1 Å². The fourth-order valence-electron chi connectivity index (χ4n) is 4.11. The zero-order valence-corrected chi connectivity index (χ0v) is 23.4. The lowest BCUT2D eigenvalue weighted by Gasteiger charge is -2.30. The molecule has 2 fully saturated rings. The van der Waals surface area contributed by atoms with Crippen molar-refractivity contribution in [2.45, 2.75) is 6.18 Å².